The van der Waals surface area contributed by atoms with Crippen molar-refractivity contribution >= 4 is 17.6 Å². The van der Waals surface area contributed by atoms with Crippen LogP contribution in [0.15, 0.2) is 24.3 Å². The zero-order valence-corrected chi connectivity index (χ0v) is 13.3. The van der Waals surface area contributed by atoms with Crippen LogP contribution in [0.4, 0.5) is 4.79 Å². The van der Waals surface area contributed by atoms with Gasteiger partial charge in [0.2, 0.25) is 0 Å². The van der Waals surface area contributed by atoms with E-state index in [4.69, 9.17) is 16.3 Å². The largest absolute Gasteiger partial charge is 0.381 e. The highest BCUT2D eigenvalue weighted by Gasteiger charge is 2.22. The van der Waals surface area contributed by atoms with Gasteiger partial charge in [0, 0.05) is 24.3 Å². The molecule has 0 spiro atoms. The van der Waals surface area contributed by atoms with Crippen LogP contribution in [0, 0.1) is 5.92 Å². The standard InChI is InChI=1S/C16H23ClN2O2/c1-11(2)15(13-5-3-4-6-14(13)17)19-16(20)18-12-7-9-21-10-8-12/h3-6,11-12,15H,7-10H2,1-2H3,(H2,18,19,20). The second-order valence-corrected chi connectivity index (χ2v) is 6.15. The molecule has 21 heavy (non-hydrogen) atoms. The van der Waals surface area contributed by atoms with Crippen molar-refractivity contribution in [1.82, 2.24) is 10.6 Å². The van der Waals surface area contributed by atoms with E-state index in [0.29, 0.717) is 18.2 Å². The molecule has 0 bridgehead atoms. The zero-order valence-electron chi connectivity index (χ0n) is 12.6. The van der Waals surface area contributed by atoms with Gasteiger partial charge in [-0.2, -0.15) is 0 Å². The SMILES string of the molecule is CC(C)C(NC(=O)NC1CCOCC1)c1ccccc1Cl. The van der Waals surface area contributed by atoms with E-state index in [1.165, 1.54) is 0 Å². The van der Waals surface area contributed by atoms with Gasteiger partial charge in [-0.25, -0.2) is 4.79 Å². The lowest BCUT2D eigenvalue weighted by atomic mass is 9.96. The van der Waals surface area contributed by atoms with Gasteiger partial charge in [0.15, 0.2) is 0 Å². The number of carbonyl (C=O) groups is 1. The number of rotatable bonds is 4. The van der Waals surface area contributed by atoms with Crippen LogP contribution in [-0.4, -0.2) is 25.3 Å². The van der Waals surface area contributed by atoms with Gasteiger partial charge in [-0.1, -0.05) is 43.6 Å². The summed E-state index contributed by atoms with van der Waals surface area (Å²) in [5.41, 5.74) is 0.955. The minimum absolute atomic E-state index is 0.0986. The van der Waals surface area contributed by atoms with E-state index >= 15 is 0 Å². The Labute approximate surface area is 131 Å². The average Bonchev–Trinajstić information content (AvgIpc) is 2.46. The molecule has 1 aliphatic rings. The highest BCUT2D eigenvalue weighted by atomic mass is 35.5. The Hall–Kier alpha value is -1.26. The van der Waals surface area contributed by atoms with Gasteiger partial charge >= 0.3 is 6.03 Å². The fraction of sp³-hybridized carbons (Fsp3) is 0.562. The molecule has 116 valence electrons. The fourth-order valence-electron chi connectivity index (χ4n) is 2.54. The third kappa shape index (κ3) is 4.61. The average molecular weight is 311 g/mol. The molecule has 2 N–H and O–H groups in total. The second-order valence-electron chi connectivity index (χ2n) is 5.75. The van der Waals surface area contributed by atoms with Gasteiger partial charge in [0.05, 0.1) is 6.04 Å². The van der Waals surface area contributed by atoms with Crippen LogP contribution in [-0.2, 0) is 4.74 Å². The van der Waals surface area contributed by atoms with E-state index in [1.807, 2.05) is 24.3 Å². The minimum atomic E-state index is -0.138. The molecule has 4 nitrogen and oxygen atoms in total. The van der Waals surface area contributed by atoms with E-state index < -0.39 is 0 Å². The summed E-state index contributed by atoms with van der Waals surface area (Å²) in [7, 11) is 0. The number of carbonyl (C=O) groups excluding carboxylic acids is 1. The molecule has 0 aromatic heterocycles. The topological polar surface area (TPSA) is 50.4 Å². The first-order valence-electron chi connectivity index (χ1n) is 7.47. The quantitative estimate of drug-likeness (QED) is 0.894. The number of amides is 2. The third-order valence-corrected chi connectivity index (χ3v) is 4.09. The highest BCUT2D eigenvalue weighted by molar-refractivity contribution is 6.31. The third-order valence-electron chi connectivity index (χ3n) is 3.75. The second kappa shape index (κ2) is 7.66. The maximum absolute atomic E-state index is 12.2. The Morgan fingerprint density at radius 3 is 2.57 bits per heavy atom. The van der Waals surface area contributed by atoms with Crippen molar-refractivity contribution in [3.63, 3.8) is 0 Å². The predicted octanol–water partition coefficient (Wildman–Crippen LogP) is 3.52. The maximum atomic E-state index is 12.2. The summed E-state index contributed by atoms with van der Waals surface area (Å²) in [6.45, 7) is 5.57. The van der Waals surface area contributed by atoms with E-state index in [9.17, 15) is 4.79 Å². The van der Waals surface area contributed by atoms with Crippen LogP contribution in [0.2, 0.25) is 5.02 Å². The van der Waals surface area contributed by atoms with Crippen molar-refractivity contribution in [3.8, 4) is 0 Å². The number of ether oxygens (including phenoxy) is 1. The van der Waals surface area contributed by atoms with E-state index in [0.717, 1.165) is 18.4 Å². The first kappa shape index (κ1) is 16.1. The number of hydrogen-bond acceptors (Lipinski definition) is 2. The predicted molar refractivity (Wildman–Crippen MR) is 84.5 cm³/mol. The van der Waals surface area contributed by atoms with Crippen LogP contribution in [0.25, 0.3) is 0 Å². The first-order chi connectivity index (χ1) is 10.1. The van der Waals surface area contributed by atoms with Crippen molar-refractivity contribution in [2.24, 2.45) is 5.92 Å². The molecule has 0 radical (unpaired) electrons. The Kier molecular flexibility index (Phi) is 5.88. The highest BCUT2D eigenvalue weighted by Crippen LogP contribution is 2.28. The van der Waals surface area contributed by atoms with Gasteiger partial charge in [-0.15, -0.1) is 0 Å². The Balaban J connectivity index is 1.99. The molecular formula is C16H23ClN2O2. The Morgan fingerprint density at radius 1 is 1.29 bits per heavy atom. The van der Waals surface area contributed by atoms with Crippen molar-refractivity contribution in [2.75, 3.05) is 13.2 Å². The molecular weight excluding hydrogens is 288 g/mol. The summed E-state index contributed by atoms with van der Waals surface area (Å²) in [6.07, 6.45) is 1.73. The zero-order chi connectivity index (χ0) is 15.2. The fourth-order valence-corrected chi connectivity index (χ4v) is 2.79. The van der Waals surface area contributed by atoms with Gasteiger partial charge in [0.25, 0.3) is 0 Å². The van der Waals surface area contributed by atoms with E-state index in [-0.39, 0.29) is 24.0 Å². The van der Waals surface area contributed by atoms with Crippen LogP contribution in [0.1, 0.15) is 38.3 Å². The number of halogens is 1. The minimum Gasteiger partial charge on any atom is -0.381 e. The summed E-state index contributed by atoms with van der Waals surface area (Å²) in [6, 6.07) is 7.60. The molecule has 1 saturated heterocycles. The smallest absolute Gasteiger partial charge is 0.315 e. The summed E-state index contributed by atoms with van der Waals surface area (Å²) in [5.74, 6) is 0.255. The molecule has 1 aromatic rings. The van der Waals surface area contributed by atoms with E-state index in [1.54, 1.807) is 0 Å². The summed E-state index contributed by atoms with van der Waals surface area (Å²) in [5, 5.41) is 6.75. The van der Waals surface area contributed by atoms with Crippen molar-refractivity contribution in [1.29, 1.82) is 0 Å². The van der Waals surface area contributed by atoms with Crippen molar-refractivity contribution < 1.29 is 9.53 Å². The molecule has 1 fully saturated rings. The van der Waals surface area contributed by atoms with Crippen molar-refractivity contribution in [2.45, 2.75) is 38.8 Å². The monoisotopic (exact) mass is 310 g/mol. The number of hydrogen-bond donors (Lipinski definition) is 2. The molecule has 1 aliphatic heterocycles. The summed E-state index contributed by atoms with van der Waals surface area (Å²) in [4.78, 5) is 12.2. The summed E-state index contributed by atoms with van der Waals surface area (Å²) < 4.78 is 5.30. The van der Waals surface area contributed by atoms with Crippen LogP contribution in [0.3, 0.4) is 0 Å². The lowest BCUT2D eigenvalue weighted by molar-refractivity contribution is 0.0798. The van der Waals surface area contributed by atoms with Crippen molar-refractivity contribution in [3.05, 3.63) is 34.9 Å². The van der Waals surface area contributed by atoms with Gasteiger partial charge in [0.1, 0.15) is 0 Å². The van der Waals surface area contributed by atoms with Gasteiger partial charge in [-0.05, 0) is 30.4 Å². The number of nitrogens with one attached hydrogen (secondary N) is 2. The number of benzene rings is 1. The lowest BCUT2D eigenvalue weighted by Crippen LogP contribution is -2.46. The van der Waals surface area contributed by atoms with Crippen LogP contribution < -0.4 is 10.6 Å². The molecule has 0 saturated carbocycles. The molecule has 0 aliphatic carbocycles. The van der Waals surface area contributed by atoms with Gasteiger partial charge < -0.3 is 15.4 Å². The molecule has 1 aromatic carbocycles. The first-order valence-corrected chi connectivity index (χ1v) is 7.85. The lowest BCUT2D eigenvalue weighted by Gasteiger charge is -2.27. The van der Waals surface area contributed by atoms with Crippen LogP contribution >= 0.6 is 11.6 Å². The Bertz CT molecular complexity index is 473. The molecule has 2 rings (SSSR count). The maximum Gasteiger partial charge on any atom is 0.315 e. The molecule has 1 unspecified atom stereocenters. The van der Waals surface area contributed by atoms with E-state index in [2.05, 4.69) is 24.5 Å². The molecule has 5 heteroatoms. The molecule has 1 atom stereocenters. The summed E-state index contributed by atoms with van der Waals surface area (Å²) >= 11 is 6.25. The Morgan fingerprint density at radius 2 is 1.95 bits per heavy atom. The molecule has 1 heterocycles. The number of urea groups is 1. The molecule has 2 amide bonds. The normalized spacial score (nSPS) is 17.5. The van der Waals surface area contributed by atoms with Crippen LogP contribution in [0.5, 0.6) is 0 Å². The van der Waals surface area contributed by atoms with Gasteiger partial charge in [-0.3, -0.25) is 0 Å².